The van der Waals surface area contributed by atoms with Crippen LogP contribution in [-0.4, -0.2) is 40.4 Å². The van der Waals surface area contributed by atoms with E-state index in [1.165, 1.54) is 36.1 Å². The van der Waals surface area contributed by atoms with Gasteiger partial charge in [0.2, 0.25) is 0 Å². The number of ether oxygens (including phenoxy) is 3. The minimum atomic E-state index is -1.73. The Morgan fingerprint density at radius 1 is 1.27 bits per heavy atom. The van der Waals surface area contributed by atoms with E-state index in [0.717, 1.165) is 0 Å². The summed E-state index contributed by atoms with van der Waals surface area (Å²) in [7, 11) is 0. The second-order valence-corrected chi connectivity index (χ2v) is 5.92. The van der Waals surface area contributed by atoms with Crippen LogP contribution in [0.4, 0.5) is 15.3 Å². The van der Waals surface area contributed by atoms with Crippen LogP contribution in [0.5, 0.6) is 0 Å². The van der Waals surface area contributed by atoms with Gasteiger partial charge >= 0.3 is 12.3 Å². The molecule has 1 N–H and O–H groups in total. The number of benzene rings is 1. The summed E-state index contributed by atoms with van der Waals surface area (Å²) in [4.78, 5) is 35.7. The molecule has 1 aromatic rings. The fourth-order valence-corrected chi connectivity index (χ4v) is 3.16. The van der Waals surface area contributed by atoms with E-state index >= 15 is 0 Å². The highest BCUT2D eigenvalue weighted by atomic mass is 16.7. The van der Waals surface area contributed by atoms with Crippen LogP contribution >= 0.6 is 0 Å². The minimum Gasteiger partial charge on any atom is -0.449 e. The maximum atomic E-state index is 12.1. The van der Waals surface area contributed by atoms with Crippen LogP contribution in [-0.2, 0) is 14.2 Å². The van der Waals surface area contributed by atoms with Crippen molar-refractivity contribution in [2.75, 3.05) is 13.2 Å². The van der Waals surface area contributed by atoms with Crippen molar-refractivity contribution in [2.24, 2.45) is 0 Å². The maximum absolute atomic E-state index is 12.1. The molecule has 1 aliphatic heterocycles. The van der Waals surface area contributed by atoms with E-state index in [-0.39, 0.29) is 41.6 Å². The third-order valence-electron chi connectivity index (χ3n) is 4.31. The van der Waals surface area contributed by atoms with Gasteiger partial charge in [0.05, 0.1) is 17.2 Å². The zero-order valence-corrected chi connectivity index (χ0v) is 16.4. The lowest BCUT2D eigenvalue weighted by molar-refractivity contribution is -0.385. The first-order chi connectivity index (χ1) is 14.3. The number of rotatable bonds is 6. The van der Waals surface area contributed by atoms with Gasteiger partial charge in [0.15, 0.2) is 11.5 Å². The first-order valence-electron chi connectivity index (χ1n) is 8.87. The highest BCUT2D eigenvalue weighted by Gasteiger charge is 2.42. The summed E-state index contributed by atoms with van der Waals surface area (Å²) >= 11 is 0. The molecule has 0 bridgehead atoms. The Kier molecular flexibility index (Phi) is 6.98. The van der Waals surface area contributed by atoms with Gasteiger partial charge in [-0.3, -0.25) is 10.1 Å². The van der Waals surface area contributed by atoms with E-state index < -0.39 is 28.9 Å². The predicted octanol–water partition coefficient (Wildman–Crippen LogP) is 3.85. The maximum Gasteiger partial charge on any atom is 0.513 e. The summed E-state index contributed by atoms with van der Waals surface area (Å²) in [5, 5.41) is 30.5. The molecule has 0 aliphatic carbocycles. The van der Waals surface area contributed by atoms with Crippen LogP contribution in [0.2, 0.25) is 0 Å². The smallest absolute Gasteiger partial charge is 0.449 e. The van der Waals surface area contributed by atoms with Crippen molar-refractivity contribution in [2.45, 2.75) is 26.7 Å². The van der Waals surface area contributed by atoms with Gasteiger partial charge < -0.3 is 24.2 Å². The molecule has 0 amide bonds. The topological polar surface area (TPSA) is 152 Å². The van der Waals surface area contributed by atoms with Gasteiger partial charge in [-0.25, -0.2) is 9.59 Å². The van der Waals surface area contributed by atoms with E-state index in [1.807, 2.05) is 6.07 Å². The molecular weight excluding hydrogens is 398 g/mol. The Hall–Kier alpha value is -4.07. The number of carbonyl (C=O) groups excluding carboxylic acids is 1. The summed E-state index contributed by atoms with van der Waals surface area (Å²) in [5.74, 6) is -1.89. The SMILES string of the molecule is CCOC(=O)OC1=C(C)N(CC)C(C#N)=C(OC(=O)O)C1c1ccccc1[N+](=O)[O-]. The first kappa shape index (κ1) is 22.2. The van der Waals surface area contributed by atoms with E-state index in [1.54, 1.807) is 13.8 Å². The largest absolute Gasteiger partial charge is 0.513 e. The zero-order valence-electron chi connectivity index (χ0n) is 16.4. The molecule has 0 radical (unpaired) electrons. The van der Waals surface area contributed by atoms with Crippen LogP contribution < -0.4 is 0 Å². The van der Waals surface area contributed by atoms with E-state index in [0.29, 0.717) is 0 Å². The van der Waals surface area contributed by atoms with Crippen LogP contribution in [0.25, 0.3) is 0 Å². The van der Waals surface area contributed by atoms with Crippen molar-refractivity contribution in [3.63, 3.8) is 0 Å². The van der Waals surface area contributed by atoms with Crippen LogP contribution in [0.3, 0.4) is 0 Å². The molecule has 0 saturated carbocycles. The van der Waals surface area contributed by atoms with E-state index in [4.69, 9.17) is 14.2 Å². The Bertz CT molecular complexity index is 976. The van der Waals surface area contributed by atoms with Crippen molar-refractivity contribution >= 4 is 18.0 Å². The van der Waals surface area contributed by atoms with E-state index in [9.17, 15) is 30.1 Å². The summed E-state index contributed by atoms with van der Waals surface area (Å²) in [6.45, 7) is 5.01. The number of nitrogens with zero attached hydrogens (tertiary/aromatic N) is 3. The molecule has 1 aliphatic rings. The second kappa shape index (κ2) is 9.42. The Balaban J connectivity index is 2.83. The number of carbonyl (C=O) groups is 2. The Morgan fingerprint density at radius 2 is 1.93 bits per heavy atom. The number of nitro groups is 1. The minimum absolute atomic E-state index is 0.0105. The van der Waals surface area contributed by atoms with Gasteiger partial charge in [-0.05, 0) is 20.8 Å². The number of allylic oxidation sites excluding steroid dienone is 2. The van der Waals surface area contributed by atoms with Crippen LogP contribution in [0.15, 0.2) is 47.2 Å². The number of carboxylic acid groups (broad SMARTS) is 1. The lowest BCUT2D eigenvalue weighted by Crippen LogP contribution is -2.33. The van der Waals surface area contributed by atoms with E-state index in [2.05, 4.69) is 0 Å². The third-order valence-corrected chi connectivity index (χ3v) is 4.31. The first-order valence-corrected chi connectivity index (χ1v) is 8.87. The lowest BCUT2D eigenvalue weighted by Gasteiger charge is -2.34. The number of hydrogen-bond donors (Lipinski definition) is 1. The normalized spacial score (nSPS) is 16.1. The second-order valence-electron chi connectivity index (χ2n) is 5.92. The molecule has 1 unspecified atom stereocenters. The molecule has 11 heteroatoms. The number of hydrogen-bond acceptors (Lipinski definition) is 9. The van der Waals surface area contributed by atoms with Crippen molar-refractivity contribution in [3.05, 3.63) is 62.9 Å². The number of nitriles is 1. The fraction of sp³-hybridized carbons (Fsp3) is 0.316. The molecule has 0 fully saturated rings. The average molecular weight is 417 g/mol. The molecule has 0 aromatic heterocycles. The number of para-hydroxylation sites is 1. The third kappa shape index (κ3) is 4.33. The molecule has 1 atom stereocenters. The van der Waals surface area contributed by atoms with Gasteiger partial charge in [-0.2, -0.15) is 5.26 Å². The fourth-order valence-electron chi connectivity index (χ4n) is 3.16. The molecule has 2 rings (SSSR count). The molecular formula is C19H19N3O8. The van der Waals surface area contributed by atoms with Crippen LogP contribution in [0, 0.1) is 21.4 Å². The summed E-state index contributed by atoms with van der Waals surface area (Å²) < 4.78 is 15.0. The summed E-state index contributed by atoms with van der Waals surface area (Å²) in [6.07, 6.45) is -2.81. The molecule has 30 heavy (non-hydrogen) atoms. The average Bonchev–Trinajstić information content (AvgIpc) is 2.69. The molecule has 11 nitrogen and oxygen atoms in total. The lowest BCUT2D eigenvalue weighted by atomic mass is 9.88. The van der Waals surface area contributed by atoms with Gasteiger partial charge in [0.25, 0.3) is 5.69 Å². The summed E-state index contributed by atoms with van der Waals surface area (Å²) in [6, 6.07) is 7.38. The molecule has 0 spiro atoms. The zero-order chi connectivity index (χ0) is 22.4. The van der Waals surface area contributed by atoms with Crippen molar-refractivity contribution in [3.8, 4) is 6.07 Å². The monoisotopic (exact) mass is 417 g/mol. The van der Waals surface area contributed by atoms with Crippen molar-refractivity contribution in [1.82, 2.24) is 4.90 Å². The van der Waals surface area contributed by atoms with Gasteiger partial charge in [0.1, 0.15) is 17.7 Å². The quantitative estimate of drug-likeness (QED) is 0.410. The Labute approximate surface area is 171 Å². The molecule has 0 saturated heterocycles. The summed E-state index contributed by atoms with van der Waals surface area (Å²) in [5.41, 5.74) is -0.269. The van der Waals surface area contributed by atoms with Gasteiger partial charge in [0, 0.05) is 18.2 Å². The highest BCUT2D eigenvalue weighted by molar-refractivity contribution is 5.65. The van der Waals surface area contributed by atoms with Crippen molar-refractivity contribution in [1.29, 1.82) is 5.26 Å². The van der Waals surface area contributed by atoms with Gasteiger partial charge in [-0.1, -0.05) is 18.2 Å². The molecule has 158 valence electrons. The van der Waals surface area contributed by atoms with Crippen LogP contribution in [0.1, 0.15) is 32.3 Å². The molecule has 1 heterocycles. The Morgan fingerprint density at radius 3 is 2.47 bits per heavy atom. The van der Waals surface area contributed by atoms with Crippen molar-refractivity contribution < 1.29 is 33.8 Å². The van der Waals surface area contributed by atoms with Gasteiger partial charge in [-0.15, -0.1) is 0 Å². The number of nitro benzene ring substituents is 1. The molecule has 1 aromatic carbocycles. The highest BCUT2D eigenvalue weighted by Crippen LogP contribution is 2.45. The predicted molar refractivity (Wildman–Crippen MR) is 101 cm³/mol. The standard InChI is InChI=1S/C19H19N3O8/c1-4-21-11(3)16(30-19(25)28-5-2)15(17(14(21)10-20)29-18(23)24)12-8-6-7-9-13(12)22(26)27/h6-9,15H,4-5H2,1-3H3,(H,23,24).